The molecule has 0 aliphatic carbocycles. The Labute approximate surface area is 312 Å². The van der Waals surface area contributed by atoms with Crippen LogP contribution in [0.5, 0.6) is 0 Å². The Morgan fingerprint density at radius 1 is 0.830 bits per heavy atom. The van der Waals surface area contributed by atoms with Crippen molar-refractivity contribution in [3.8, 4) is 0 Å². The van der Waals surface area contributed by atoms with Crippen molar-refractivity contribution in [3.05, 3.63) is 83.4 Å². The molecule has 0 unspecified atom stereocenters. The summed E-state index contributed by atoms with van der Waals surface area (Å²) in [6.07, 6.45) is 1.39. The minimum atomic E-state index is -2.15. The smallest absolute Gasteiger partial charge is 0.280 e. The topological polar surface area (TPSA) is 103 Å². The zero-order valence-corrected chi connectivity index (χ0v) is 34.5. The lowest BCUT2D eigenvalue weighted by Crippen LogP contribution is -2.48. The lowest BCUT2D eigenvalue weighted by Gasteiger charge is -2.40. The van der Waals surface area contributed by atoms with Crippen molar-refractivity contribution in [2.45, 2.75) is 103 Å². The number of ether oxygens (including phenoxy) is 1. The van der Waals surface area contributed by atoms with Crippen molar-refractivity contribution < 1.29 is 13.6 Å². The van der Waals surface area contributed by atoms with Crippen LogP contribution in [0, 0.1) is 0 Å². The number of aromatic nitrogens is 4. The number of nitrogens with one attached hydrogen (secondary N) is 2. The molecular weight excluding hydrogens is 695 g/mol. The third-order valence-electron chi connectivity index (χ3n) is 12.4. The van der Waals surface area contributed by atoms with Crippen molar-refractivity contribution >= 4 is 82.5 Å². The lowest BCUT2D eigenvalue weighted by molar-refractivity contribution is -0.0383. The maximum atomic E-state index is 13.7. The number of hydrogen-bond donors (Lipinski definition) is 2. The van der Waals surface area contributed by atoms with Crippen molar-refractivity contribution in [1.82, 2.24) is 19.5 Å². The fourth-order valence-corrected chi connectivity index (χ4v) is 9.63. The second-order valence-electron chi connectivity index (χ2n) is 17.8. The largest absolute Gasteiger partial charge is 0.414 e. The highest BCUT2D eigenvalue weighted by atomic mass is 28.4. The molecule has 9 nitrogen and oxygen atoms in total. The maximum absolute atomic E-state index is 13.7. The molecule has 1 aliphatic rings. The summed E-state index contributed by atoms with van der Waals surface area (Å²) in [4.78, 5) is 26.2. The van der Waals surface area contributed by atoms with E-state index in [0.717, 1.165) is 21.8 Å². The van der Waals surface area contributed by atoms with E-state index in [1.807, 2.05) is 10.6 Å². The number of imidazole rings is 1. The van der Waals surface area contributed by atoms with Crippen molar-refractivity contribution in [3.63, 3.8) is 0 Å². The van der Waals surface area contributed by atoms with Crippen LogP contribution in [0.2, 0.25) is 36.3 Å². The summed E-state index contributed by atoms with van der Waals surface area (Å²) in [5.74, 6) is 0.342. The highest BCUT2D eigenvalue weighted by molar-refractivity contribution is 6.74. The molecule has 276 valence electrons. The molecule has 0 saturated carbocycles. The van der Waals surface area contributed by atoms with Gasteiger partial charge < -0.3 is 18.9 Å². The van der Waals surface area contributed by atoms with Crippen LogP contribution in [0.4, 0.5) is 11.6 Å². The van der Waals surface area contributed by atoms with Gasteiger partial charge in [-0.1, -0.05) is 108 Å². The first-order valence-corrected chi connectivity index (χ1v) is 24.5. The van der Waals surface area contributed by atoms with Gasteiger partial charge in [-0.25, -0.2) is 4.98 Å². The third kappa shape index (κ3) is 6.06. The number of fused-ring (bicyclic) bond motifs is 3. The van der Waals surface area contributed by atoms with Crippen molar-refractivity contribution in [2.75, 3.05) is 11.9 Å². The number of rotatable bonds is 8. The van der Waals surface area contributed by atoms with Crippen LogP contribution in [-0.2, 0) is 13.6 Å². The summed E-state index contributed by atoms with van der Waals surface area (Å²) in [6.45, 7) is 23.0. The molecule has 0 amide bonds. The number of aromatic amines is 1. The van der Waals surface area contributed by atoms with Crippen molar-refractivity contribution in [2.24, 2.45) is 0 Å². The summed E-state index contributed by atoms with van der Waals surface area (Å²) in [6, 6.07) is 23.6. The molecule has 1 fully saturated rings. The summed E-state index contributed by atoms with van der Waals surface area (Å²) < 4.78 is 22.5. The third-order valence-corrected chi connectivity index (χ3v) is 21.4. The molecule has 7 aromatic rings. The van der Waals surface area contributed by atoms with E-state index < -0.39 is 22.9 Å². The van der Waals surface area contributed by atoms with E-state index in [-0.39, 0.29) is 33.4 Å². The van der Waals surface area contributed by atoms with Crippen LogP contribution in [0.15, 0.2) is 77.9 Å². The van der Waals surface area contributed by atoms with Gasteiger partial charge in [0, 0.05) is 22.6 Å². The Kier molecular flexibility index (Phi) is 8.43. The Hall–Kier alpha value is -4.14. The van der Waals surface area contributed by atoms with Gasteiger partial charge in [0.15, 0.2) is 27.8 Å². The predicted octanol–water partition coefficient (Wildman–Crippen LogP) is 10.6. The van der Waals surface area contributed by atoms with Gasteiger partial charge in [0.2, 0.25) is 5.95 Å². The first kappa shape index (κ1) is 35.9. The van der Waals surface area contributed by atoms with Gasteiger partial charge in [0.05, 0.1) is 24.7 Å². The first-order valence-electron chi connectivity index (χ1n) is 18.7. The molecule has 5 aromatic carbocycles. The van der Waals surface area contributed by atoms with Gasteiger partial charge in [0.25, 0.3) is 5.56 Å². The fraction of sp³-hybridized carbons (Fsp3) is 0.405. The Morgan fingerprint density at radius 2 is 1.49 bits per heavy atom. The van der Waals surface area contributed by atoms with E-state index in [9.17, 15) is 4.79 Å². The Balaban J connectivity index is 1.19. The minimum absolute atomic E-state index is 0.0301. The molecule has 0 radical (unpaired) electrons. The van der Waals surface area contributed by atoms with E-state index in [1.54, 1.807) is 6.33 Å². The molecule has 8 rings (SSSR count). The second-order valence-corrected chi connectivity index (χ2v) is 27.4. The van der Waals surface area contributed by atoms with E-state index >= 15 is 0 Å². The molecule has 1 aliphatic heterocycles. The molecule has 0 spiro atoms. The van der Waals surface area contributed by atoms with Gasteiger partial charge in [0.1, 0.15) is 12.3 Å². The van der Waals surface area contributed by atoms with E-state index in [1.165, 1.54) is 26.9 Å². The Bertz CT molecular complexity index is 2550. The highest BCUT2D eigenvalue weighted by Crippen LogP contribution is 2.45. The first-order chi connectivity index (χ1) is 24.9. The van der Waals surface area contributed by atoms with Crippen LogP contribution in [0.25, 0.3) is 54.3 Å². The zero-order chi connectivity index (χ0) is 37.7. The minimum Gasteiger partial charge on any atom is -0.414 e. The SMILES string of the molecule is CC(C)(C)[Si](C)(C)OC[C@H]1O[C@@H](n2cnc3c(=O)[nH]c(Nc4c5ccccc5c5ccc6cccc7ccc4c5c76)nc32)C[C@@H]1O[Si](C)(C)C(C)(C)C. The quantitative estimate of drug-likeness (QED) is 0.0907. The molecule has 11 heteroatoms. The van der Waals surface area contributed by atoms with Crippen LogP contribution < -0.4 is 10.9 Å². The monoisotopic (exact) mass is 745 g/mol. The predicted molar refractivity (Wildman–Crippen MR) is 223 cm³/mol. The molecule has 3 heterocycles. The fourth-order valence-electron chi connectivity index (χ4n) is 7.25. The van der Waals surface area contributed by atoms with E-state index in [4.69, 9.17) is 18.6 Å². The van der Waals surface area contributed by atoms with Crippen LogP contribution in [0.3, 0.4) is 0 Å². The molecule has 53 heavy (non-hydrogen) atoms. The summed E-state index contributed by atoms with van der Waals surface area (Å²) in [5, 5.41) is 12.9. The van der Waals surface area contributed by atoms with Crippen LogP contribution in [0.1, 0.15) is 54.2 Å². The zero-order valence-electron chi connectivity index (χ0n) is 32.5. The number of benzene rings is 5. The van der Waals surface area contributed by atoms with Gasteiger partial charge in [-0.15, -0.1) is 0 Å². The molecular formula is C42H51N5O4Si2. The van der Waals surface area contributed by atoms with Gasteiger partial charge in [-0.3, -0.25) is 14.3 Å². The number of hydrogen-bond acceptors (Lipinski definition) is 7. The van der Waals surface area contributed by atoms with Crippen molar-refractivity contribution in [1.29, 1.82) is 0 Å². The Morgan fingerprint density at radius 3 is 2.17 bits per heavy atom. The molecule has 2 aromatic heterocycles. The lowest BCUT2D eigenvalue weighted by atomic mass is 9.90. The number of anilines is 2. The standard InChI is InChI=1S/C42H51N5O4Si2/c1-41(2,3)52(7,8)49-23-32-31(51-53(9,10)42(4,5)6)22-33(50-32)47-24-43-37-38(47)45-40(46-39(37)48)44-36-29-17-12-11-16-27(29)28-20-18-25-14-13-15-26-19-21-30(36)35(28)34(25)26/h11-21,24,31-33H,22-23H2,1-10H3,(H2,44,45,46,48)/t31-,32+,33+/m0/s1. The molecule has 1 saturated heterocycles. The number of H-pyrrole nitrogens is 1. The van der Waals surface area contributed by atoms with Gasteiger partial charge >= 0.3 is 0 Å². The van der Waals surface area contributed by atoms with Crippen LogP contribution in [-0.4, -0.2) is 55.0 Å². The maximum Gasteiger partial charge on any atom is 0.280 e. The molecule has 2 N–H and O–H groups in total. The van der Waals surface area contributed by atoms with E-state index in [2.05, 4.69) is 144 Å². The summed E-state index contributed by atoms with van der Waals surface area (Å²) in [5.41, 5.74) is 1.30. The summed E-state index contributed by atoms with van der Waals surface area (Å²) >= 11 is 0. The average molecular weight is 746 g/mol. The van der Waals surface area contributed by atoms with Gasteiger partial charge in [-0.05, 0) is 63.2 Å². The van der Waals surface area contributed by atoms with Gasteiger partial charge in [-0.2, -0.15) is 4.98 Å². The molecule has 0 bridgehead atoms. The summed E-state index contributed by atoms with van der Waals surface area (Å²) in [7, 11) is -4.20. The highest BCUT2D eigenvalue weighted by Gasteiger charge is 2.47. The average Bonchev–Trinajstić information content (AvgIpc) is 3.70. The van der Waals surface area contributed by atoms with Crippen LogP contribution >= 0.6 is 0 Å². The molecule has 3 atom stereocenters. The van der Waals surface area contributed by atoms with E-state index in [0.29, 0.717) is 24.6 Å². The number of nitrogens with zero attached hydrogens (tertiary/aromatic N) is 3. The normalized spacial score (nSPS) is 19.1. The second kappa shape index (κ2) is 12.5.